The van der Waals surface area contributed by atoms with E-state index in [1.807, 2.05) is 0 Å². The lowest BCUT2D eigenvalue weighted by Gasteiger charge is -1.84. The maximum absolute atomic E-state index is 10.4. The van der Waals surface area contributed by atoms with Crippen molar-refractivity contribution in [1.29, 1.82) is 0 Å². The summed E-state index contributed by atoms with van der Waals surface area (Å²) in [5.74, 6) is 0. The van der Waals surface area contributed by atoms with Crippen LogP contribution in [0.3, 0.4) is 0 Å². The van der Waals surface area contributed by atoms with Crippen LogP contribution in [0.2, 0.25) is 0 Å². The number of nitrogens with zero attached hydrogens (tertiary/aromatic N) is 1. The number of hydrogen-bond acceptors (Lipinski definition) is 1. The second-order valence-corrected chi connectivity index (χ2v) is 1.65. The van der Waals surface area contributed by atoms with E-state index < -0.39 is 0 Å². The Bertz CT molecular complexity index is 91.7. The zero-order valence-corrected chi connectivity index (χ0v) is 4.27. The van der Waals surface area contributed by atoms with Crippen LogP contribution in [0.25, 0.3) is 0 Å². The van der Waals surface area contributed by atoms with Crippen molar-refractivity contribution in [1.82, 2.24) is 10.2 Å². The van der Waals surface area contributed by atoms with E-state index in [4.69, 9.17) is 0 Å². The Morgan fingerprint density at radius 1 is 1.86 bits per heavy atom. The topological polar surface area (TPSA) is 35.0 Å². The van der Waals surface area contributed by atoms with Crippen LogP contribution in [0, 0.1) is 0 Å². The molecule has 1 saturated heterocycles. The number of urea groups is 1. The molecule has 0 spiro atoms. The summed E-state index contributed by atoms with van der Waals surface area (Å²) in [5.41, 5.74) is 0. The highest BCUT2D eigenvalue weighted by Crippen LogP contribution is 1.84. The number of nitrogens with one attached hydrogen (secondary N) is 1. The minimum absolute atomic E-state index is 0.0417. The number of hydrogen-bond donors (Lipinski definition) is 1. The zero-order valence-electron chi connectivity index (χ0n) is 4.27. The number of rotatable bonds is 0. The molecule has 3 nitrogen and oxygen atoms in total. The van der Waals surface area contributed by atoms with Crippen molar-refractivity contribution in [2.45, 2.75) is 0 Å². The van der Waals surface area contributed by atoms with Gasteiger partial charge in [0.05, 0.1) is 6.54 Å². The molecule has 3 heteroatoms. The van der Waals surface area contributed by atoms with Gasteiger partial charge in [-0.2, -0.15) is 0 Å². The molecule has 0 aromatic heterocycles. The highest BCUT2D eigenvalue weighted by atomic mass is 16.2. The predicted octanol–water partition coefficient (Wildman–Crippen LogP) is -0.520. The fraction of sp³-hybridized carbons (Fsp3) is 0.750. The molecule has 1 radical (unpaired) electrons. The summed E-state index contributed by atoms with van der Waals surface area (Å²) in [6.45, 7) is 1.65. The van der Waals surface area contributed by atoms with Crippen molar-refractivity contribution in [3.05, 3.63) is 0 Å². The Morgan fingerprint density at radius 3 is 2.71 bits per heavy atom. The molecule has 1 N–H and O–H groups in total. The fourth-order valence-electron chi connectivity index (χ4n) is 0.567. The van der Waals surface area contributed by atoms with Crippen molar-refractivity contribution < 1.29 is 4.79 Å². The van der Waals surface area contributed by atoms with Gasteiger partial charge in [-0.15, -0.1) is 0 Å². The second kappa shape index (κ2) is 1.50. The number of amides is 2. The molecule has 0 aliphatic carbocycles. The van der Waals surface area contributed by atoms with Crippen LogP contribution in [0.5, 0.6) is 0 Å². The van der Waals surface area contributed by atoms with E-state index in [2.05, 4.69) is 5.32 Å². The first-order valence-electron chi connectivity index (χ1n) is 2.29. The standard InChI is InChI=1S/C4H8N2O/c1-6-3-2-5-4(6)7/h2-3H2,1H3,(H,5,7)/q+1. The Labute approximate surface area is 42.3 Å². The molecule has 1 aliphatic heterocycles. The average molecular weight is 100 g/mol. The Hall–Kier alpha value is -0.570. The van der Waals surface area contributed by atoms with Gasteiger partial charge in [-0.25, -0.2) is 4.79 Å². The van der Waals surface area contributed by atoms with Gasteiger partial charge >= 0.3 is 6.03 Å². The summed E-state index contributed by atoms with van der Waals surface area (Å²) in [6, 6.07) is 0.0417. The van der Waals surface area contributed by atoms with Crippen LogP contribution in [0.15, 0.2) is 0 Å². The number of carbonyl (C=O) groups is 1. The van der Waals surface area contributed by atoms with Gasteiger partial charge < -0.3 is 0 Å². The van der Waals surface area contributed by atoms with Crippen molar-refractivity contribution in [3.63, 3.8) is 0 Å². The quantitative estimate of drug-likeness (QED) is 0.408. The fourth-order valence-corrected chi connectivity index (χ4v) is 0.567. The normalized spacial score (nSPS) is 22.7. The van der Waals surface area contributed by atoms with Crippen molar-refractivity contribution >= 4 is 6.03 Å². The van der Waals surface area contributed by atoms with Crippen LogP contribution in [0.1, 0.15) is 0 Å². The number of carbonyl (C=O) groups excluding carboxylic acids is 1. The van der Waals surface area contributed by atoms with Gasteiger partial charge in [0.2, 0.25) is 0 Å². The van der Waals surface area contributed by atoms with Gasteiger partial charge in [0.15, 0.2) is 6.54 Å². The third-order valence-electron chi connectivity index (χ3n) is 1.07. The Morgan fingerprint density at radius 2 is 2.57 bits per heavy atom. The summed E-state index contributed by atoms with van der Waals surface area (Å²) in [6.07, 6.45) is 0. The minimum Gasteiger partial charge on any atom is -0.295 e. The second-order valence-electron chi connectivity index (χ2n) is 1.65. The van der Waals surface area contributed by atoms with Crippen molar-refractivity contribution in [3.8, 4) is 0 Å². The summed E-state index contributed by atoms with van der Waals surface area (Å²) in [4.78, 5) is 12.0. The third kappa shape index (κ3) is 0.718. The first-order valence-corrected chi connectivity index (χ1v) is 2.29. The Kier molecular flexibility index (Phi) is 0.982. The molecular formula is C4H8N2O+. The molecule has 1 heterocycles. The highest BCUT2D eigenvalue weighted by molar-refractivity contribution is 5.78. The lowest BCUT2D eigenvalue weighted by molar-refractivity contribution is 0.239. The molecule has 7 heavy (non-hydrogen) atoms. The lowest BCUT2D eigenvalue weighted by Crippen LogP contribution is -2.28. The molecule has 1 fully saturated rings. The molecule has 1 aliphatic rings. The van der Waals surface area contributed by atoms with Crippen LogP contribution >= 0.6 is 0 Å². The van der Waals surface area contributed by atoms with E-state index in [1.165, 1.54) is 0 Å². The molecule has 39 valence electrons. The van der Waals surface area contributed by atoms with Gasteiger partial charge in [0.25, 0.3) is 0 Å². The summed E-state index contributed by atoms with van der Waals surface area (Å²) in [7, 11) is 1.78. The van der Waals surface area contributed by atoms with E-state index in [0.29, 0.717) is 0 Å². The van der Waals surface area contributed by atoms with E-state index in [9.17, 15) is 4.79 Å². The summed E-state index contributed by atoms with van der Waals surface area (Å²) in [5, 5.41) is 2.66. The molecule has 0 saturated carbocycles. The summed E-state index contributed by atoms with van der Waals surface area (Å²) >= 11 is 0. The van der Waals surface area contributed by atoms with Crippen molar-refractivity contribution in [2.24, 2.45) is 0 Å². The van der Waals surface area contributed by atoms with Gasteiger partial charge in [-0.05, 0) is 0 Å². The first kappa shape index (κ1) is 4.59. The minimum atomic E-state index is 0.0417. The smallest absolute Gasteiger partial charge is 0.295 e. The third-order valence-corrected chi connectivity index (χ3v) is 1.07. The van der Waals surface area contributed by atoms with Crippen LogP contribution in [-0.4, -0.2) is 26.2 Å². The van der Waals surface area contributed by atoms with E-state index >= 15 is 0 Å². The SMILES string of the molecule is C[N+]1CCNC1=O. The van der Waals surface area contributed by atoms with Gasteiger partial charge in [-0.3, -0.25) is 5.32 Å². The maximum atomic E-state index is 10.4. The van der Waals surface area contributed by atoms with E-state index in [1.54, 1.807) is 11.9 Å². The molecule has 2 amide bonds. The van der Waals surface area contributed by atoms with Crippen LogP contribution < -0.4 is 10.2 Å². The average Bonchev–Trinajstić information content (AvgIpc) is 1.91. The van der Waals surface area contributed by atoms with Gasteiger partial charge in [-0.1, -0.05) is 4.90 Å². The zero-order chi connectivity index (χ0) is 5.28. The van der Waals surface area contributed by atoms with E-state index in [-0.39, 0.29) is 6.03 Å². The number of likely N-dealkylation sites (N-methyl/N-ethyl adjacent to an activating group) is 1. The molecule has 1 rings (SSSR count). The van der Waals surface area contributed by atoms with Gasteiger partial charge in [0.1, 0.15) is 7.05 Å². The van der Waals surface area contributed by atoms with Crippen LogP contribution in [0.4, 0.5) is 4.79 Å². The molecule has 0 atom stereocenters. The molecule has 0 bridgehead atoms. The molecule has 0 unspecified atom stereocenters. The van der Waals surface area contributed by atoms with Crippen molar-refractivity contribution in [2.75, 3.05) is 20.1 Å². The monoisotopic (exact) mass is 100 g/mol. The maximum Gasteiger partial charge on any atom is 0.464 e. The summed E-state index contributed by atoms with van der Waals surface area (Å²) < 4.78 is 0. The van der Waals surface area contributed by atoms with Gasteiger partial charge in [0, 0.05) is 0 Å². The first-order chi connectivity index (χ1) is 3.30. The van der Waals surface area contributed by atoms with Crippen LogP contribution in [-0.2, 0) is 0 Å². The highest BCUT2D eigenvalue weighted by Gasteiger charge is 2.26. The van der Waals surface area contributed by atoms with E-state index in [0.717, 1.165) is 13.1 Å². The molecular weight excluding hydrogens is 92.1 g/mol. The molecule has 0 aromatic rings. The molecule has 0 aromatic carbocycles. The predicted molar refractivity (Wildman–Crippen MR) is 26.3 cm³/mol. The largest absolute Gasteiger partial charge is 0.464 e. The lowest BCUT2D eigenvalue weighted by atomic mass is 10.7. The Balaban J connectivity index is 2.48.